The molecule has 10 heteroatoms. The minimum atomic E-state index is -4.09. The van der Waals surface area contributed by atoms with E-state index in [2.05, 4.69) is 5.10 Å². The topological polar surface area (TPSA) is 99.3 Å². The fourth-order valence-corrected chi connectivity index (χ4v) is 4.37. The standard InChI is InChI=1S/C14H12ClN5O3S/c1-18-13-12(8-17-18)19(6-5-16)14(21)20(24(13,22)23)9-10-3-2-4-11(15)7-10/h2-4,7-8H,6,9H2,1H3. The van der Waals surface area contributed by atoms with E-state index < -0.39 is 16.1 Å². The number of nitrogens with zero attached hydrogens (tertiary/aromatic N) is 5. The van der Waals surface area contributed by atoms with Crippen LogP contribution in [0.1, 0.15) is 5.56 Å². The first-order valence-corrected chi connectivity index (χ1v) is 8.65. The lowest BCUT2D eigenvalue weighted by molar-refractivity contribution is 0.227. The highest BCUT2D eigenvalue weighted by molar-refractivity contribution is 7.89. The summed E-state index contributed by atoms with van der Waals surface area (Å²) in [4.78, 5) is 13.7. The van der Waals surface area contributed by atoms with Crippen molar-refractivity contribution in [2.45, 2.75) is 11.6 Å². The van der Waals surface area contributed by atoms with Gasteiger partial charge >= 0.3 is 6.03 Å². The van der Waals surface area contributed by atoms with E-state index in [0.29, 0.717) is 10.6 Å². The highest BCUT2D eigenvalue weighted by atomic mass is 35.5. The Morgan fingerprint density at radius 1 is 1.38 bits per heavy atom. The monoisotopic (exact) mass is 365 g/mol. The third-order valence-corrected chi connectivity index (χ3v) is 5.64. The minimum Gasteiger partial charge on any atom is -0.275 e. The third-order valence-electron chi connectivity index (χ3n) is 3.58. The Balaban J connectivity index is 2.11. The predicted octanol–water partition coefficient (Wildman–Crippen LogP) is 1.73. The number of carbonyl (C=O) groups is 1. The fraction of sp³-hybridized carbons (Fsp3) is 0.214. The van der Waals surface area contributed by atoms with E-state index in [4.69, 9.17) is 16.9 Å². The van der Waals surface area contributed by atoms with E-state index in [1.807, 2.05) is 6.07 Å². The molecule has 2 aromatic rings. The average molecular weight is 366 g/mol. The summed E-state index contributed by atoms with van der Waals surface area (Å²) in [7, 11) is -2.62. The molecule has 2 heterocycles. The molecule has 1 aromatic heterocycles. The summed E-state index contributed by atoms with van der Waals surface area (Å²) < 4.78 is 27.6. The van der Waals surface area contributed by atoms with Gasteiger partial charge in [0.2, 0.25) is 0 Å². The van der Waals surface area contributed by atoms with E-state index in [-0.39, 0.29) is 23.8 Å². The molecule has 0 bridgehead atoms. The molecule has 0 radical (unpaired) electrons. The van der Waals surface area contributed by atoms with Gasteiger partial charge in [0.05, 0.1) is 18.8 Å². The number of fused-ring (bicyclic) bond motifs is 1. The van der Waals surface area contributed by atoms with E-state index in [1.165, 1.54) is 17.9 Å². The highest BCUT2D eigenvalue weighted by Crippen LogP contribution is 2.34. The van der Waals surface area contributed by atoms with Gasteiger partial charge in [-0.2, -0.15) is 18.8 Å². The highest BCUT2D eigenvalue weighted by Gasteiger charge is 2.44. The summed E-state index contributed by atoms with van der Waals surface area (Å²) in [5, 5.41) is 13.2. The van der Waals surface area contributed by atoms with Crippen LogP contribution in [0, 0.1) is 11.3 Å². The summed E-state index contributed by atoms with van der Waals surface area (Å²) in [6.45, 7) is -0.465. The SMILES string of the molecule is Cn1ncc2c1S(=O)(=O)N(Cc1cccc(Cl)c1)C(=O)N2CC#N. The number of urea groups is 1. The predicted molar refractivity (Wildman–Crippen MR) is 85.7 cm³/mol. The number of aromatic nitrogens is 2. The van der Waals surface area contributed by atoms with Gasteiger partial charge in [-0.15, -0.1) is 0 Å². The second-order valence-electron chi connectivity index (χ2n) is 5.13. The van der Waals surface area contributed by atoms with E-state index in [0.717, 1.165) is 9.21 Å². The third kappa shape index (κ3) is 2.50. The summed E-state index contributed by atoms with van der Waals surface area (Å²) in [6, 6.07) is 7.64. The lowest BCUT2D eigenvalue weighted by Gasteiger charge is -2.33. The molecule has 8 nitrogen and oxygen atoms in total. The molecule has 2 amide bonds. The molecular formula is C14H12ClN5O3S. The molecule has 0 saturated carbocycles. The molecule has 0 spiro atoms. The maximum atomic E-state index is 12.8. The Labute approximate surface area is 143 Å². The molecule has 0 unspecified atom stereocenters. The number of aryl methyl sites for hydroxylation is 1. The molecule has 24 heavy (non-hydrogen) atoms. The Hall–Kier alpha value is -2.57. The van der Waals surface area contributed by atoms with Crippen molar-refractivity contribution in [1.82, 2.24) is 14.1 Å². The van der Waals surface area contributed by atoms with Crippen LogP contribution in [-0.4, -0.2) is 35.1 Å². The van der Waals surface area contributed by atoms with Crippen molar-refractivity contribution in [2.75, 3.05) is 11.4 Å². The normalized spacial score (nSPS) is 16.0. The Morgan fingerprint density at radius 3 is 2.79 bits per heavy atom. The number of halogens is 1. The Morgan fingerprint density at radius 2 is 2.12 bits per heavy atom. The second-order valence-corrected chi connectivity index (χ2v) is 7.34. The lowest BCUT2D eigenvalue weighted by Crippen LogP contribution is -2.50. The zero-order valence-corrected chi connectivity index (χ0v) is 14.1. The smallest absolute Gasteiger partial charge is 0.275 e. The van der Waals surface area contributed by atoms with Crippen LogP contribution in [-0.2, 0) is 23.6 Å². The van der Waals surface area contributed by atoms with Crippen LogP contribution in [0.25, 0.3) is 0 Å². The molecule has 1 aliphatic rings. The number of hydrogen-bond donors (Lipinski definition) is 0. The van der Waals surface area contributed by atoms with E-state index in [1.54, 1.807) is 24.3 Å². The summed E-state index contributed by atoms with van der Waals surface area (Å²) in [5.74, 6) is 0. The van der Waals surface area contributed by atoms with Crippen LogP contribution < -0.4 is 4.90 Å². The van der Waals surface area contributed by atoms with Crippen molar-refractivity contribution in [3.63, 3.8) is 0 Å². The van der Waals surface area contributed by atoms with Crippen molar-refractivity contribution in [1.29, 1.82) is 5.26 Å². The molecule has 1 aromatic carbocycles. The Kier molecular flexibility index (Phi) is 3.95. The van der Waals surface area contributed by atoms with Crippen molar-refractivity contribution >= 4 is 33.3 Å². The molecule has 0 aliphatic carbocycles. The number of anilines is 1. The molecule has 1 aliphatic heterocycles. The number of nitriles is 1. The number of amides is 2. The number of benzene rings is 1. The summed E-state index contributed by atoms with van der Waals surface area (Å²) in [5.41, 5.74) is 0.661. The van der Waals surface area contributed by atoms with Gasteiger partial charge in [-0.1, -0.05) is 23.7 Å². The molecule has 124 valence electrons. The number of sulfonamides is 1. The largest absolute Gasteiger partial charge is 0.339 e. The zero-order chi connectivity index (χ0) is 17.5. The van der Waals surface area contributed by atoms with Crippen LogP contribution in [0.2, 0.25) is 5.02 Å². The van der Waals surface area contributed by atoms with Crippen LogP contribution in [0.5, 0.6) is 0 Å². The fourth-order valence-electron chi connectivity index (χ4n) is 2.52. The number of carbonyl (C=O) groups excluding carboxylic acids is 1. The van der Waals surface area contributed by atoms with Crippen LogP contribution in [0.15, 0.2) is 35.5 Å². The van der Waals surface area contributed by atoms with Crippen LogP contribution >= 0.6 is 11.6 Å². The van der Waals surface area contributed by atoms with Gasteiger partial charge < -0.3 is 0 Å². The number of hydrogen-bond acceptors (Lipinski definition) is 5. The first-order valence-electron chi connectivity index (χ1n) is 6.84. The van der Waals surface area contributed by atoms with Gasteiger partial charge in [0.1, 0.15) is 12.2 Å². The quantitative estimate of drug-likeness (QED) is 0.771. The Bertz CT molecular complexity index is 963. The zero-order valence-electron chi connectivity index (χ0n) is 12.5. The first-order chi connectivity index (χ1) is 11.4. The van der Waals surface area contributed by atoms with Crippen LogP contribution in [0.3, 0.4) is 0 Å². The van der Waals surface area contributed by atoms with Gasteiger partial charge in [0.25, 0.3) is 10.0 Å². The second kappa shape index (κ2) is 5.81. The molecule has 3 rings (SSSR count). The molecular weight excluding hydrogens is 354 g/mol. The van der Waals surface area contributed by atoms with Crippen molar-refractivity contribution in [2.24, 2.45) is 7.05 Å². The molecule has 0 saturated heterocycles. The van der Waals surface area contributed by atoms with Crippen molar-refractivity contribution in [3.05, 3.63) is 41.0 Å². The summed E-state index contributed by atoms with van der Waals surface area (Å²) in [6.07, 6.45) is 1.26. The van der Waals surface area contributed by atoms with Crippen LogP contribution in [0.4, 0.5) is 10.5 Å². The molecule has 0 atom stereocenters. The van der Waals surface area contributed by atoms with Gasteiger partial charge in [-0.3, -0.25) is 9.58 Å². The maximum Gasteiger partial charge on any atom is 0.339 e. The number of rotatable bonds is 3. The lowest BCUT2D eigenvalue weighted by atomic mass is 10.2. The minimum absolute atomic E-state index is 0.103. The van der Waals surface area contributed by atoms with E-state index in [9.17, 15) is 13.2 Å². The molecule has 0 fully saturated rings. The maximum absolute atomic E-state index is 12.8. The average Bonchev–Trinajstić information content (AvgIpc) is 2.91. The van der Waals surface area contributed by atoms with Crippen molar-refractivity contribution < 1.29 is 13.2 Å². The summed E-state index contributed by atoms with van der Waals surface area (Å²) >= 11 is 5.92. The van der Waals surface area contributed by atoms with Gasteiger partial charge in [-0.25, -0.2) is 9.10 Å². The van der Waals surface area contributed by atoms with Gasteiger partial charge in [0.15, 0.2) is 5.03 Å². The first kappa shape index (κ1) is 16.3. The van der Waals surface area contributed by atoms with Gasteiger partial charge in [-0.05, 0) is 17.7 Å². The van der Waals surface area contributed by atoms with Gasteiger partial charge in [0, 0.05) is 12.1 Å². The van der Waals surface area contributed by atoms with E-state index >= 15 is 0 Å². The molecule has 0 N–H and O–H groups in total. The van der Waals surface area contributed by atoms with Crippen molar-refractivity contribution in [3.8, 4) is 6.07 Å².